The van der Waals surface area contributed by atoms with Gasteiger partial charge in [0.2, 0.25) is 0 Å². The minimum atomic E-state index is -0.123. The first-order chi connectivity index (χ1) is 8.58. The highest BCUT2D eigenvalue weighted by Crippen LogP contribution is 2.27. The molecule has 0 spiro atoms. The second-order valence-electron chi connectivity index (χ2n) is 5.03. The van der Waals surface area contributed by atoms with Crippen molar-refractivity contribution in [2.45, 2.75) is 38.6 Å². The van der Waals surface area contributed by atoms with Crippen LogP contribution in [0.15, 0.2) is 18.2 Å². The van der Waals surface area contributed by atoms with Crippen LogP contribution < -0.4 is 5.32 Å². The molecule has 4 heteroatoms. The van der Waals surface area contributed by atoms with Crippen LogP contribution >= 0.6 is 23.2 Å². The maximum atomic E-state index is 12.1. The molecule has 18 heavy (non-hydrogen) atoms. The van der Waals surface area contributed by atoms with E-state index in [1.165, 1.54) is 12.8 Å². The van der Waals surface area contributed by atoms with Crippen LogP contribution in [0.1, 0.15) is 43.0 Å². The van der Waals surface area contributed by atoms with Crippen molar-refractivity contribution in [2.24, 2.45) is 5.92 Å². The highest BCUT2D eigenvalue weighted by molar-refractivity contribution is 6.43. The average molecular weight is 286 g/mol. The fraction of sp³-hybridized carbons (Fsp3) is 0.500. The summed E-state index contributed by atoms with van der Waals surface area (Å²) >= 11 is 11.9. The topological polar surface area (TPSA) is 29.1 Å². The smallest absolute Gasteiger partial charge is 0.253 e. The van der Waals surface area contributed by atoms with Crippen LogP contribution in [0.5, 0.6) is 0 Å². The summed E-state index contributed by atoms with van der Waals surface area (Å²) in [5.41, 5.74) is 0.461. The van der Waals surface area contributed by atoms with E-state index in [1.54, 1.807) is 18.2 Å². The van der Waals surface area contributed by atoms with Crippen molar-refractivity contribution < 1.29 is 4.79 Å². The fourth-order valence-electron chi connectivity index (χ4n) is 2.35. The lowest BCUT2D eigenvalue weighted by molar-refractivity contribution is 0.0923. The molecule has 1 aromatic carbocycles. The Labute approximate surface area is 118 Å². The predicted octanol–water partition coefficient (Wildman–Crippen LogP) is 4.30. The lowest BCUT2D eigenvalue weighted by Crippen LogP contribution is -2.37. The molecule has 0 radical (unpaired) electrons. The molecule has 1 aliphatic carbocycles. The van der Waals surface area contributed by atoms with Gasteiger partial charge in [0.25, 0.3) is 5.91 Å². The van der Waals surface area contributed by atoms with E-state index >= 15 is 0 Å². The number of carbonyl (C=O) groups excluding carboxylic acids is 1. The summed E-state index contributed by atoms with van der Waals surface area (Å²) in [7, 11) is 0. The molecule has 98 valence electrons. The average Bonchev–Trinajstić information content (AvgIpc) is 2.35. The Morgan fingerprint density at radius 1 is 1.22 bits per heavy atom. The Morgan fingerprint density at radius 3 is 2.56 bits per heavy atom. The Morgan fingerprint density at radius 2 is 1.89 bits per heavy atom. The van der Waals surface area contributed by atoms with Gasteiger partial charge in [0.05, 0.1) is 15.6 Å². The SMILES string of the molecule is CC1CCC(NC(=O)c2cccc(Cl)c2Cl)CC1. The van der Waals surface area contributed by atoms with Crippen LogP contribution in [0.4, 0.5) is 0 Å². The van der Waals surface area contributed by atoms with Crippen molar-refractivity contribution >= 4 is 29.1 Å². The Balaban J connectivity index is 2.01. The van der Waals surface area contributed by atoms with Crippen LogP contribution in [-0.2, 0) is 0 Å². The van der Waals surface area contributed by atoms with Gasteiger partial charge < -0.3 is 5.32 Å². The minimum Gasteiger partial charge on any atom is -0.349 e. The summed E-state index contributed by atoms with van der Waals surface area (Å²) in [5, 5.41) is 3.79. The van der Waals surface area contributed by atoms with Crippen molar-refractivity contribution in [3.63, 3.8) is 0 Å². The third-order valence-electron chi connectivity index (χ3n) is 3.55. The molecule has 2 rings (SSSR count). The van der Waals surface area contributed by atoms with Gasteiger partial charge in [-0.3, -0.25) is 4.79 Å². The zero-order chi connectivity index (χ0) is 13.1. The second kappa shape index (κ2) is 5.94. The molecule has 0 heterocycles. The normalized spacial score (nSPS) is 23.7. The monoisotopic (exact) mass is 285 g/mol. The third-order valence-corrected chi connectivity index (χ3v) is 4.37. The predicted molar refractivity (Wildman–Crippen MR) is 75.3 cm³/mol. The molecule has 0 aromatic heterocycles. The number of hydrogen-bond acceptors (Lipinski definition) is 1. The molecular weight excluding hydrogens is 269 g/mol. The number of nitrogens with one attached hydrogen (secondary N) is 1. The first-order valence-corrected chi connectivity index (χ1v) is 7.08. The summed E-state index contributed by atoms with van der Waals surface area (Å²) in [4.78, 5) is 12.1. The maximum absolute atomic E-state index is 12.1. The van der Waals surface area contributed by atoms with Gasteiger partial charge >= 0.3 is 0 Å². The van der Waals surface area contributed by atoms with Gasteiger partial charge in [0.1, 0.15) is 0 Å². The Kier molecular flexibility index (Phi) is 4.52. The van der Waals surface area contributed by atoms with Gasteiger partial charge in [-0.05, 0) is 43.7 Å². The van der Waals surface area contributed by atoms with Crippen LogP contribution in [-0.4, -0.2) is 11.9 Å². The zero-order valence-corrected chi connectivity index (χ0v) is 11.9. The molecule has 0 saturated heterocycles. The van der Waals surface area contributed by atoms with Gasteiger partial charge in [-0.1, -0.05) is 36.2 Å². The number of carbonyl (C=O) groups is 1. The van der Waals surface area contributed by atoms with Gasteiger partial charge in [-0.2, -0.15) is 0 Å². The van der Waals surface area contributed by atoms with Crippen molar-refractivity contribution in [2.75, 3.05) is 0 Å². The van der Waals surface area contributed by atoms with Crippen molar-refractivity contribution in [3.8, 4) is 0 Å². The molecule has 0 atom stereocenters. The van der Waals surface area contributed by atoms with Crippen LogP contribution in [0.2, 0.25) is 10.0 Å². The van der Waals surface area contributed by atoms with E-state index < -0.39 is 0 Å². The first kappa shape index (κ1) is 13.7. The van der Waals surface area contributed by atoms with Crippen molar-refractivity contribution in [1.82, 2.24) is 5.32 Å². The molecule has 1 aliphatic rings. The number of rotatable bonds is 2. The van der Waals surface area contributed by atoms with Crippen LogP contribution in [0, 0.1) is 5.92 Å². The van der Waals surface area contributed by atoms with E-state index in [1.807, 2.05) is 0 Å². The van der Waals surface area contributed by atoms with E-state index in [4.69, 9.17) is 23.2 Å². The van der Waals surface area contributed by atoms with E-state index in [9.17, 15) is 4.79 Å². The lowest BCUT2D eigenvalue weighted by Gasteiger charge is -2.27. The highest BCUT2D eigenvalue weighted by Gasteiger charge is 2.21. The molecule has 1 saturated carbocycles. The fourth-order valence-corrected chi connectivity index (χ4v) is 2.73. The van der Waals surface area contributed by atoms with Gasteiger partial charge in [0, 0.05) is 6.04 Å². The quantitative estimate of drug-likeness (QED) is 0.862. The van der Waals surface area contributed by atoms with E-state index in [2.05, 4.69) is 12.2 Å². The van der Waals surface area contributed by atoms with E-state index in [0.717, 1.165) is 18.8 Å². The molecule has 0 unspecified atom stereocenters. The lowest BCUT2D eigenvalue weighted by atomic mass is 9.87. The van der Waals surface area contributed by atoms with Crippen LogP contribution in [0.25, 0.3) is 0 Å². The minimum absolute atomic E-state index is 0.123. The summed E-state index contributed by atoms with van der Waals surface area (Å²) in [6.45, 7) is 2.26. The summed E-state index contributed by atoms with van der Waals surface area (Å²) in [5.74, 6) is 0.648. The Bertz CT molecular complexity index is 439. The van der Waals surface area contributed by atoms with Gasteiger partial charge in [0.15, 0.2) is 0 Å². The molecule has 2 nitrogen and oxygen atoms in total. The molecule has 0 aliphatic heterocycles. The maximum Gasteiger partial charge on any atom is 0.253 e. The number of hydrogen-bond donors (Lipinski definition) is 1. The summed E-state index contributed by atoms with van der Waals surface area (Å²) in [6, 6.07) is 5.40. The van der Waals surface area contributed by atoms with Crippen molar-refractivity contribution in [1.29, 1.82) is 0 Å². The molecular formula is C14H17Cl2NO. The molecule has 1 amide bonds. The molecule has 0 bridgehead atoms. The standard InChI is InChI=1S/C14H17Cl2NO/c1-9-5-7-10(8-6-9)17-14(18)11-3-2-4-12(15)13(11)16/h2-4,9-10H,5-8H2,1H3,(H,17,18). The number of amides is 1. The van der Waals surface area contributed by atoms with E-state index in [-0.39, 0.29) is 11.9 Å². The van der Waals surface area contributed by atoms with Gasteiger partial charge in [-0.25, -0.2) is 0 Å². The number of halogens is 2. The third kappa shape index (κ3) is 3.18. The summed E-state index contributed by atoms with van der Waals surface area (Å²) in [6.07, 6.45) is 4.44. The number of benzene rings is 1. The second-order valence-corrected chi connectivity index (χ2v) is 5.82. The largest absolute Gasteiger partial charge is 0.349 e. The molecule has 1 aromatic rings. The van der Waals surface area contributed by atoms with Gasteiger partial charge in [-0.15, -0.1) is 0 Å². The van der Waals surface area contributed by atoms with Crippen molar-refractivity contribution in [3.05, 3.63) is 33.8 Å². The first-order valence-electron chi connectivity index (χ1n) is 6.33. The summed E-state index contributed by atoms with van der Waals surface area (Å²) < 4.78 is 0. The van der Waals surface area contributed by atoms with E-state index in [0.29, 0.717) is 15.6 Å². The Hall–Kier alpha value is -0.730. The molecule has 1 fully saturated rings. The molecule has 1 N–H and O–H groups in total. The zero-order valence-electron chi connectivity index (χ0n) is 10.4. The highest BCUT2D eigenvalue weighted by atomic mass is 35.5. The van der Waals surface area contributed by atoms with Crippen LogP contribution in [0.3, 0.4) is 0 Å².